The van der Waals surface area contributed by atoms with Crippen LogP contribution in [0.5, 0.6) is 0 Å². The fourth-order valence-corrected chi connectivity index (χ4v) is 2.90. The largest absolute Gasteiger partial charge is 0.462 e. The van der Waals surface area contributed by atoms with Gasteiger partial charge in [-0.15, -0.1) is 0 Å². The smallest absolute Gasteiger partial charge is 0.338 e. The number of carbonyl (C=O) groups is 1. The summed E-state index contributed by atoms with van der Waals surface area (Å²) in [5, 5.41) is 0. The fourth-order valence-electron chi connectivity index (χ4n) is 2.90. The number of hydrogen-bond donors (Lipinski definition) is 0. The molecule has 1 aromatic rings. The van der Waals surface area contributed by atoms with Crippen LogP contribution in [0.15, 0.2) is 24.3 Å². The summed E-state index contributed by atoms with van der Waals surface area (Å²) in [5.41, 5.74) is 1.54. The Bertz CT molecular complexity index is 510. The molecule has 1 saturated heterocycles. The molecule has 2 rings (SSSR count). The Morgan fingerprint density at radius 3 is 2.84 bits per heavy atom. The van der Waals surface area contributed by atoms with Gasteiger partial charge in [-0.3, -0.25) is 0 Å². The van der Waals surface area contributed by atoms with Crippen molar-refractivity contribution >= 4 is 5.97 Å². The predicted molar refractivity (Wildman–Crippen MR) is 97.5 cm³/mol. The van der Waals surface area contributed by atoms with Crippen LogP contribution < -0.4 is 0 Å². The molecule has 1 fully saturated rings. The van der Waals surface area contributed by atoms with E-state index < -0.39 is 0 Å². The average Bonchev–Trinajstić information content (AvgIpc) is 2.67. The van der Waals surface area contributed by atoms with Crippen LogP contribution in [0.3, 0.4) is 0 Å². The Labute approximate surface area is 151 Å². The monoisotopic (exact) mass is 349 g/mol. The number of nitrogens with zero attached hydrogens (tertiary/aromatic N) is 1. The van der Waals surface area contributed by atoms with E-state index in [1.165, 1.54) is 0 Å². The SMILES string of the molecule is CCN(CC)CCCOC(=O)c1cccc(COC2CCCCO2)c1. The minimum absolute atomic E-state index is 0.121. The predicted octanol–water partition coefficient (Wildman–Crippen LogP) is 3.62. The van der Waals surface area contributed by atoms with E-state index in [0.29, 0.717) is 18.8 Å². The summed E-state index contributed by atoms with van der Waals surface area (Å²) in [4.78, 5) is 14.5. The molecule has 0 aromatic heterocycles. The lowest BCUT2D eigenvalue weighted by molar-refractivity contribution is -0.168. The summed E-state index contributed by atoms with van der Waals surface area (Å²) in [6, 6.07) is 7.45. The maximum absolute atomic E-state index is 12.2. The Kier molecular flexibility index (Phi) is 8.94. The van der Waals surface area contributed by atoms with E-state index in [-0.39, 0.29) is 12.3 Å². The maximum Gasteiger partial charge on any atom is 0.338 e. The number of carbonyl (C=O) groups excluding carboxylic acids is 1. The van der Waals surface area contributed by atoms with Gasteiger partial charge in [0, 0.05) is 13.2 Å². The van der Waals surface area contributed by atoms with Gasteiger partial charge >= 0.3 is 5.97 Å². The van der Waals surface area contributed by atoms with Gasteiger partial charge in [0.2, 0.25) is 0 Å². The number of rotatable bonds is 10. The summed E-state index contributed by atoms with van der Waals surface area (Å²) >= 11 is 0. The molecular weight excluding hydrogens is 318 g/mol. The van der Waals surface area contributed by atoms with Gasteiger partial charge in [-0.05, 0) is 56.5 Å². The van der Waals surface area contributed by atoms with Crippen LogP contribution in [0.2, 0.25) is 0 Å². The second-order valence-corrected chi connectivity index (χ2v) is 6.32. The second-order valence-electron chi connectivity index (χ2n) is 6.32. The van der Waals surface area contributed by atoms with Crippen molar-refractivity contribution in [1.82, 2.24) is 4.90 Å². The summed E-state index contributed by atoms with van der Waals surface area (Å²) in [5.74, 6) is -0.268. The first-order chi connectivity index (χ1) is 12.2. The first-order valence-corrected chi connectivity index (χ1v) is 9.44. The van der Waals surface area contributed by atoms with Crippen molar-refractivity contribution in [1.29, 1.82) is 0 Å². The summed E-state index contributed by atoms with van der Waals surface area (Å²) in [6.45, 7) is 8.96. The Balaban J connectivity index is 1.74. The lowest BCUT2D eigenvalue weighted by Crippen LogP contribution is -2.25. The summed E-state index contributed by atoms with van der Waals surface area (Å²) in [7, 11) is 0. The molecule has 1 aliphatic heterocycles. The molecule has 0 aliphatic carbocycles. The molecule has 0 bridgehead atoms. The van der Waals surface area contributed by atoms with E-state index in [2.05, 4.69) is 18.7 Å². The average molecular weight is 349 g/mol. The molecule has 1 aromatic carbocycles. The van der Waals surface area contributed by atoms with Gasteiger partial charge in [0.15, 0.2) is 6.29 Å². The van der Waals surface area contributed by atoms with E-state index in [0.717, 1.165) is 57.5 Å². The van der Waals surface area contributed by atoms with Gasteiger partial charge in [0.25, 0.3) is 0 Å². The van der Waals surface area contributed by atoms with Crippen LogP contribution in [0.1, 0.15) is 55.5 Å². The van der Waals surface area contributed by atoms with Gasteiger partial charge in [0.05, 0.1) is 18.8 Å². The normalized spacial score (nSPS) is 17.6. The molecule has 0 radical (unpaired) electrons. The summed E-state index contributed by atoms with van der Waals surface area (Å²) in [6.07, 6.45) is 3.92. The first kappa shape index (κ1) is 19.9. The van der Waals surface area contributed by atoms with Crippen molar-refractivity contribution in [2.24, 2.45) is 0 Å². The van der Waals surface area contributed by atoms with Gasteiger partial charge < -0.3 is 19.1 Å². The van der Waals surface area contributed by atoms with Crippen molar-refractivity contribution in [2.75, 3.05) is 32.8 Å². The fraction of sp³-hybridized carbons (Fsp3) is 0.650. The van der Waals surface area contributed by atoms with Crippen LogP contribution in [0, 0.1) is 0 Å². The van der Waals surface area contributed by atoms with Crippen molar-refractivity contribution < 1.29 is 19.0 Å². The Morgan fingerprint density at radius 2 is 2.12 bits per heavy atom. The highest BCUT2D eigenvalue weighted by molar-refractivity contribution is 5.89. The molecule has 5 heteroatoms. The number of hydrogen-bond acceptors (Lipinski definition) is 5. The van der Waals surface area contributed by atoms with Crippen LogP contribution in [0.4, 0.5) is 0 Å². The van der Waals surface area contributed by atoms with Crippen molar-refractivity contribution in [3.63, 3.8) is 0 Å². The van der Waals surface area contributed by atoms with E-state index in [1.54, 1.807) is 6.07 Å². The van der Waals surface area contributed by atoms with Gasteiger partial charge in [0.1, 0.15) is 0 Å². The molecule has 1 heterocycles. The zero-order valence-corrected chi connectivity index (χ0v) is 15.5. The molecule has 0 N–H and O–H groups in total. The molecule has 0 spiro atoms. The lowest BCUT2D eigenvalue weighted by atomic mass is 10.1. The third-order valence-corrected chi connectivity index (χ3v) is 4.48. The minimum atomic E-state index is -0.268. The topological polar surface area (TPSA) is 48.0 Å². The van der Waals surface area contributed by atoms with E-state index in [4.69, 9.17) is 14.2 Å². The molecule has 5 nitrogen and oxygen atoms in total. The number of ether oxygens (including phenoxy) is 3. The molecule has 1 unspecified atom stereocenters. The zero-order chi connectivity index (χ0) is 17.9. The van der Waals surface area contributed by atoms with Gasteiger partial charge in [-0.25, -0.2) is 4.79 Å². The Hall–Kier alpha value is -1.43. The molecule has 25 heavy (non-hydrogen) atoms. The molecule has 0 saturated carbocycles. The molecule has 1 aliphatic rings. The van der Waals surface area contributed by atoms with Gasteiger partial charge in [-0.2, -0.15) is 0 Å². The molecule has 0 amide bonds. The van der Waals surface area contributed by atoms with E-state index in [1.807, 2.05) is 18.2 Å². The highest BCUT2D eigenvalue weighted by Crippen LogP contribution is 2.16. The van der Waals surface area contributed by atoms with E-state index >= 15 is 0 Å². The lowest BCUT2D eigenvalue weighted by Gasteiger charge is -2.22. The minimum Gasteiger partial charge on any atom is -0.462 e. The third kappa shape index (κ3) is 7.14. The second kappa shape index (κ2) is 11.2. The van der Waals surface area contributed by atoms with Crippen LogP contribution in [0.25, 0.3) is 0 Å². The van der Waals surface area contributed by atoms with Crippen molar-refractivity contribution in [3.05, 3.63) is 35.4 Å². The van der Waals surface area contributed by atoms with Crippen LogP contribution >= 0.6 is 0 Å². The van der Waals surface area contributed by atoms with Gasteiger partial charge in [-0.1, -0.05) is 26.0 Å². The first-order valence-electron chi connectivity index (χ1n) is 9.44. The van der Waals surface area contributed by atoms with Crippen LogP contribution in [-0.2, 0) is 20.8 Å². The zero-order valence-electron chi connectivity index (χ0n) is 15.5. The third-order valence-electron chi connectivity index (χ3n) is 4.48. The molecule has 1 atom stereocenters. The van der Waals surface area contributed by atoms with Crippen molar-refractivity contribution in [2.45, 2.75) is 52.4 Å². The highest BCUT2D eigenvalue weighted by Gasteiger charge is 2.14. The standard InChI is InChI=1S/C20H31NO4/c1-3-21(4-2)12-8-14-24-20(22)18-10-7-9-17(15-18)16-25-19-11-5-6-13-23-19/h7,9-10,15,19H,3-6,8,11-14,16H2,1-2H3. The van der Waals surface area contributed by atoms with Crippen LogP contribution in [-0.4, -0.2) is 50.0 Å². The maximum atomic E-state index is 12.2. The number of esters is 1. The van der Waals surface area contributed by atoms with Crippen molar-refractivity contribution in [3.8, 4) is 0 Å². The van der Waals surface area contributed by atoms with E-state index in [9.17, 15) is 4.79 Å². The number of benzene rings is 1. The Morgan fingerprint density at radius 1 is 1.28 bits per heavy atom. The quantitative estimate of drug-likeness (QED) is 0.477. The molecular formula is C20H31NO4. The highest BCUT2D eigenvalue weighted by atomic mass is 16.7. The summed E-state index contributed by atoms with van der Waals surface area (Å²) < 4.78 is 16.7. The molecule has 140 valence electrons.